The Balaban J connectivity index is 0.000000310. The molecule has 1 rings (SSSR count). The number of aromatic hydroxyl groups is 1. The normalized spacial score (nSPS) is 8.69. The smallest absolute Gasteiger partial charge is 0.369 e. The Hall–Kier alpha value is 1.54. The summed E-state index contributed by atoms with van der Waals surface area (Å²) in [5, 5.41) is 9.63. The Morgan fingerprint density at radius 3 is 2.08 bits per heavy atom. The number of phenols is 1. The number of hydrogen-bond donors (Lipinski definition) is 1. The molecule has 72 valence electrons. The van der Waals surface area contributed by atoms with Gasteiger partial charge in [-0.2, -0.15) is 0 Å². The lowest BCUT2D eigenvalue weighted by Crippen LogP contribution is -1.71. The van der Waals surface area contributed by atoms with Crippen LogP contribution in [0.5, 0.6) is 5.75 Å². The fourth-order valence-corrected chi connectivity index (χ4v) is 1.35. The van der Waals surface area contributed by atoms with E-state index in [1.807, 2.05) is 22.6 Å². The number of phenolic OH excluding ortho intramolecular Hbond substituents is 1. The molecule has 1 N–H and O–H groups in total. The van der Waals surface area contributed by atoms with Gasteiger partial charge in [-0.05, 0) is 40.8 Å². The molecule has 0 fully saturated rings. The lowest BCUT2D eigenvalue weighted by Gasteiger charge is -1.94. The average molecular weight is 505 g/mol. The molecule has 0 aliphatic rings. The third-order valence-electron chi connectivity index (χ3n) is 0.910. The van der Waals surface area contributed by atoms with E-state index in [4.69, 9.17) is 16.7 Å². The van der Waals surface area contributed by atoms with Crippen molar-refractivity contribution >= 4 is 84.6 Å². The van der Waals surface area contributed by atoms with Crippen molar-refractivity contribution in [3.63, 3.8) is 0 Å². The molecular weight excluding hydrogens is 501 g/mol. The van der Waals surface area contributed by atoms with Gasteiger partial charge in [0.25, 0.3) is 0 Å². The van der Waals surface area contributed by atoms with E-state index in [0.717, 1.165) is 3.57 Å². The molecule has 1 aromatic rings. The van der Waals surface area contributed by atoms with Crippen LogP contribution in [-0.2, 0) is 0 Å². The molecule has 0 radical (unpaired) electrons. The predicted molar refractivity (Wildman–Crippen MR) is 78.4 cm³/mol. The molecule has 7 heteroatoms. The molecule has 0 aliphatic heterocycles. The fraction of sp³-hybridized carbons (Fsp3) is 0. The fourth-order valence-electron chi connectivity index (χ4n) is 0.481. The van der Waals surface area contributed by atoms with E-state index < -0.39 is 0 Å². The van der Waals surface area contributed by atoms with Gasteiger partial charge in [0.05, 0.1) is 3.57 Å². The van der Waals surface area contributed by atoms with Crippen molar-refractivity contribution in [2.24, 2.45) is 0 Å². The molecule has 0 bridgehead atoms. The summed E-state index contributed by atoms with van der Waals surface area (Å²) in [5.74, 6) is 0.278. The Bertz CT molecular complexity index is 271. The molecule has 0 atom stereocenters. The zero-order chi connectivity index (χ0) is 10.4. The third kappa shape index (κ3) is 8.53. The molecule has 1 aromatic carbocycles. The van der Waals surface area contributed by atoms with Crippen molar-refractivity contribution in [3.8, 4) is 5.75 Å². The molecule has 0 amide bonds. The Morgan fingerprint density at radius 2 is 1.77 bits per heavy atom. The van der Waals surface area contributed by atoms with Gasteiger partial charge in [-0.1, -0.05) is 11.6 Å². The van der Waals surface area contributed by atoms with Gasteiger partial charge in [0.1, 0.15) is 5.75 Å². The molecule has 1 nitrogen and oxygen atoms in total. The molecule has 13 heavy (non-hydrogen) atoms. The Labute approximate surface area is 121 Å². The zero-order valence-electron chi connectivity index (χ0n) is 6.15. The van der Waals surface area contributed by atoms with Crippen LogP contribution in [0.15, 0.2) is 18.2 Å². The Kier molecular flexibility index (Phi) is 8.71. The van der Waals surface area contributed by atoms with Crippen LogP contribution in [0.3, 0.4) is 0 Å². The second-order valence-corrected chi connectivity index (χ2v) is 9.88. The van der Waals surface area contributed by atoms with Gasteiger partial charge in [-0.15, -0.1) is 47.3 Å². The number of rotatable bonds is 0. The SMILES string of the molecule is BrB(Br)Br.Oc1ccc(Cl)cc1I. The monoisotopic (exact) mass is 502 g/mol. The largest absolute Gasteiger partial charge is 0.507 e. The molecule has 0 heterocycles. The van der Waals surface area contributed by atoms with Crippen LogP contribution >= 0.6 is 81.5 Å². The van der Waals surface area contributed by atoms with Crippen molar-refractivity contribution in [2.75, 3.05) is 0 Å². The highest BCUT2D eigenvalue weighted by atomic mass is 127. The first-order chi connectivity index (χ1) is 5.93. The van der Waals surface area contributed by atoms with Gasteiger partial charge >= 0.3 is 3.18 Å². The molecule has 0 aliphatic carbocycles. The minimum absolute atomic E-state index is 0.271. The minimum atomic E-state index is 0.271. The predicted octanol–water partition coefficient (Wildman–Crippen LogP) is 4.81. The van der Waals surface area contributed by atoms with E-state index in [9.17, 15) is 0 Å². The Morgan fingerprint density at radius 1 is 1.31 bits per heavy atom. The van der Waals surface area contributed by atoms with E-state index in [1.165, 1.54) is 0 Å². The molecule has 0 saturated heterocycles. The van der Waals surface area contributed by atoms with Gasteiger partial charge in [-0.25, -0.2) is 0 Å². The second kappa shape index (κ2) is 7.79. The van der Waals surface area contributed by atoms with Gasteiger partial charge in [-0.3, -0.25) is 0 Å². The van der Waals surface area contributed by atoms with Crippen molar-refractivity contribution in [1.82, 2.24) is 0 Å². The summed E-state index contributed by atoms with van der Waals surface area (Å²) in [4.78, 5) is 0. The van der Waals surface area contributed by atoms with Gasteiger partial charge in [0, 0.05) is 5.02 Å². The number of benzene rings is 1. The second-order valence-electron chi connectivity index (χ2n) is 1.84. The molecule has 0 unspecified atom stereocenters. The van der Waals surface area contributed by atoms with Crippen LogP contribution in [0.25, 0.3) is 0 Å². The van der Waals surface area contributed by atoms with Crippen LogP contribution in [0.2, 0.25) is 5.02 Å². The van der Waals surface area contributed by atoms with E-state index in [2.05, 4.69) is 47.3 Å². The summed E-state index contributed by atoms with van der Waals surface area (Å²) in [6.45, 7) is 0. The summed E-state index contributed by atoms with van der Waals surface area (Å²) in [6, 6.07) is 4.93. The topological polar surface area (TPSA) is 20.2 Å². The van der Waals surface area contributed by atoms with Crippen molar-refractivity contribution in [1.29, 1.82) is 0 Å². The van der Waals surface area contributed by atoms with Gasteiger partial charge in [0.2, 0.25) is 0 Å². The van der Waals surface area contributed by atoms with Gasteiger partial charge < -0.3 is 5.11 Å². The van der Waals surface area contributed by atoms with E-state index in [1.54, 1.807) is 18.2 Å². The van der Waals surface area contributed by atoms with E-state index in [-0.39, 0.29) is 8.93 Å². The zero-order valence-corrected chi connectivity index (χ0v) is 13.8. The van der Waals surface area contributed by atoms with Crippen LogP contribution in [0, 0.1) is 3.57 Å². The van der Waals surface area contributed by atoms with Crippen molar-refractivity contribution < 1.29 is 5.11 Å². The molecular formula is C6H4BBr3ClIO. The van der Waals surface area contributed by atoms with E-state index >= 15 is 0 Å². The average Bonchev–Trinajstić information content (AvgIpc) is 1.96. The highest BCUT2D eigenvalue weighted by molar-refractivity contribution is 14.1. The summed E-state index contributed by atoms with van der Waals surface area (Å²) in [5.41, 5.74) is 0. The van der Waals surface area contributed by atoms with Crippen LogP contribution < -0.4 is 0 Å². The molecule has 0 saturated carbocycles. The summed E-state index contributed by atoms with van der Waals surface area (Å²) >= 11 is 16.9. The quantitative estimate of drug-likeness (QED) is 0.397. The van der Waals surface area contributed by atoms with Crippen LogP contribution in [0.1, 0.15) is 0 Å². The highest BCUT2D eigenvalue weighted by Crippen LogP contribution is 2.22. The van der Waals surface area contributed by atoms with Crippen LogP contribution in [0.4, 0.5) is 0 Å². The lowest BCUT2D eigenvalue weighted by molar-refractivity contribution is 0.471. The number of halogens is 5. The van der Waals surface area contributed by atoms with Crippen molar-refractivity contribution in [3.05, 3.63) is 26.8 Å². The third-order valence-corrected chi connectivity index (χ3v) is 2.01. The minimum Gasteiger partial charge on any atom is -0.507 e. The number of hydrogen-bond acceptors (Lipinski definition) is 1. The summed E-state index contributed by atoms with van der Waals surface area (Å²) in [6.07, 6.45) is 0. The lowest BCUT2D eigenvalue weighted by atomic mass is 10.3. The highest BCUT2D eigenvalue weighted by Gasteiger charge is 1.94. The maximum Gasteiger partial charge on any atom is 0.369 e. The first-order valence-electron chi connectivity index (χ1n) is 2.99. The molecule has 0 spiro atoms. The first kappa shape index (κ1) is 14.5. The first-order valence-corrected chi connectivity index (χ1v) is 7.20. The molecule has 0 aromatic heterocycles. The standard InChI is InChI=1S/C6H4ClIO.BBr3/c7-4-1-2-6(9)5(8)3-4;2-1(3)4/h1-3,9H;. The van der Waals surface area contributed by atoms with Crippen molar-refractivity contribution in [2.45, 2.75) is 0 Å². The maximum absolute atomic E-state index is 8.98. The maximum atomic E-state index is 8.98. The summed E-state index contributed by atoms with van der Waals surface area (Å²) in [7, 11) is 0. The van der Waals surface area contributed by atoms with Gasteiger partial charge in [0.15, 0.2) is 0 Å². The van der Waals surface area contributed by atoms with E-state index in [0.29, 0.717) is 5.02 Å². The van der Waals surface area contributed by atoms with Crippen LogP contribution in [-0.4, -0.2) is 8.29 Å². The summed E-state index contributed by atoms with van der Waals surface area (Å²) < 4.78 is 1.05.